The first-order valence-electron chi connectivity index (χ1n) is 11.9. The second kappa shape index (κ2) is 9.05. The molecule has 1 saturated heterocycles. The van der Waals surface area contributed by atoms with Crippen LogP contribution in [0.2, 0.25) is 0 Å². The third-order valence-electron chi connectivity index (χ3n) is 6.51. The van der Waals surface area contributed by atoms with Gasteiger partial charge in [-0.25, -0.2) is 4.90 Å². The molecule has 0 radical (unpaired) electrons. The van der Waals surface area contributed by atoms with Crippen molar-refractivity contribution in [3.8, 4) is 5.75 Å². The predicted molar refractivity (Wildman–Crippen MR) is 132 cm³/mol. The lowest BCUT2D eigenvalue weighted by Crippen LogP contribution is -2.42. The Morgan fingerprint density at radius 2 is 1.52 bits per heavy atom. The maximum absolute atomic E-state index is 13.8. The minimum Gasteiger partial charge on any atom is -0.491 e. The van der Waals surface area contributed by atoms with Crippen LogP contribution in [-0.4, -0.2) is 35.9 Å². The van der Waals surface area contributed by atoms with E-state index in [9.17, 15) is 9.59 Å². The molecule has 5 heteroatoms. The van der Waals surface area contributed by atoms with Gasteiger partial charge in [-0.1, -0.05) is 32.0 Å². The van der Waals surface area contributed by atoms with Crippen LogP contribution >= 0.6 is 0 Å². The number of benzene rings is 2. The van der Waals surface area contributed by atoms with Gasteiger partial charge < -0.3 is 9.64 Å². The summed E-state index contributed by atoms with van der Waals surface area (Å²) in [6, 6.07) is 13.2. The maximum atomic E-state index is 13.8. The van der Waals surface area contributed by atoms with E-state index in [1.165, 1.54) is 4.90 Å². The Morgan fingerprint density at radius 1 is 0.879 bits per heavy atom. The third kappa shape index (κ3) is 4.54. The number of amides is 2. The van der Waals surface area contributed by atoms with Gasteiger partial charge in [0.15, 0.2) is 0 Å². The first-order valence-corrected chi connectivity index (χ1v) is 11.9. The number of anilines is 1. The second-order valence-electron chi connectivity index (χ2n) is 9.98. The van der Waals surface area contributed by atoms with Gasteiger partial charge in [0.1, 0.15) is 11.4 Å². The van der Waals surface area contributed by atoms with Crippen LogP contribution in [0.5, 0.6) is 5.75 Å². The van der Waals surface area contributed by atoms with E-state index in [2.05, 4.69) is 25.7 Å². The highest BCUT2D eigenvalue weighted by Gasteiger charge is 2.43. The summed E-state index contributed by atoms with van der Waals surface area (Å²) in [5.74, 6) is 1.14. The van der Waals surface area contributed by atoms with Gasteiger partial charge in [0.25, 0.3) is 11.8 Å². The zero-order valence-corrected chi connectivity index (χ0v) is 20.5. The summed E-state index contributed by atoms with van der Waals surface area (Å²) in [5, 5.41) is 0. The van der Waals surface area contributed by atoms with E-state index in [1.54, 1.807) is 12.1 Å². The predicted octanol–water partition coefficient (Wildman–Crippen LogP) is 5.35. The topological polar surface area (TPSA) is 49.9 Å². The monoisotopic (exact) mass is 446 g/mol. The number of ether oxygens (including phenoxy) is 1. The number of likely N-dealkylation sites (tertiary alicyclic amines) is 1. The van der Waals surface area contributed by atoms with Gasteiger partial charge in [0.05, 0.1) is 17.4 Å². The molecule has 2 aliphatic heterocycles. The Balaban J connectivity index is 1.78. The van der Waals surface area contributed by atoms with Crippen LogP contribution in [0, 0.1) is 25.7 Å². The van der Waals surface area contributed by atoms with E-state index in [0.717, 1.165) is 36.2 Å². The molecule has 2 aliphatic rings. The highest BCUT2D eigenvalue weighted by atomic mass is 16.5. The van der Waals surface area contributed by atoms with E-state index >= 15 is 0 Å². The molecule has 2 atom stereocenters. The molecule has 0 spiro atoms. The zero-order chi connectivity index (χ0) is 23.9. The van der Waals surface area contributed by atoms with Gasteiger partial charge in [-0.05, 0) is 86.9 Å². The molecule has 1 fully saturated rings. The van der Waals surface area contributed by atoms with Crippen molar-refractivity contribution in [2.24, 2.45) is 11.8 Å². The van der Waals surface area contributed by atoms with Crippen molar-refractivity contribution in [3.63, 3.8) is 0 Å². The van der Waals surface area contributed by atoms with Gasteiger partial charge in [0.2, 0.25) is 0 Å². The minimum absolute atomic E-state index is 0.0543. The van der Waals surface area contributed by atoms with Crippen molar-refractivity contribution in [3.05, 3.63) is 64.9 Å². The maximum Gasteiger partial charge on any atom is 0.282 e. The van der Waals surface area contributed by atoms with Gasteiger partial charge in [0, 0.05) is 13.1 Å². The number of hydrogen-bond acceptors (Lipinski definition) is 4. The van der Waals surface area contributed by atoms with Crippen molar-refractivity contribution < 1.29 is 14.3 Å². The van der Waals surface area contributed by atoms with Crippen LogP contribution in [0.3, 0.4) is 0 Å². The molecule has 174 valence electrons. The number of imide groups is 1. The van der Waals surface area contributed by atoms with E-state index in [4.69, 9.17) is 4.74 Å². The Labute approximate surface area is 197 Å². The van der Waals surface area contributed by atoms with E-state index in [-0.39, 0.29) is 17.9 Å². The van der Waals surface area contributed by atoms with E-state index in [1.807, 2.05) is 51.1 Å². The van der Waals surface area contributed by atoms with Gasteiger partial charge in [-0.15, -0.1) is 0 Å². The van der Waals surface area contributed by atoms with Crippen LogP contribution in [0.4, 0.5) is 5.69 Å². The summed E-state index contributed by atoms with van der Waals surface area (Å²) < 4.78 is 5.73. The van der Waals surface area contributed by atoms with Crippen LogP contribution in [-0.2, 0) is 9.59 Å². The minimum atomic E-state index is -0.262. The van der Waals surface area contributed by atoms with Gasteiger partial charge >= 0.3 is 0 Å². The van der Waals surface area contributed by atoms with Crippen LogP contribution in [0.25, 0.3) is 5.57 Å². The number of carbonyl (C=O) groups is 2. The number of carbonyl (C=O) groups excluding carboxylic acids is 2. The Morgan fingerprint density at radius 3 is 2.09 bits per heavy atom. The van der Waals surface area contributed by atoms with Crippen molar-refractivity contribution in [1.82, 2.24) is 4.90 Å². The number of nitrogens with zero attached hydrogens (tertiary/aromatic N) is 2. The Bertz CT molecular complexity index is 1090. The number of hydrogen-bond donors (Lipinski definition) is 0. The molecule has 2 amide bonds. The van der Waals surface area contributed by atoms with E-state index in [0.29, 0.717) is 34.5 Å². The van der Waals surface area contributed by atoms with E-state index < -0.39 is 0 Å². The lowest BCUT2D eigenvalue weighted by Gasteiger charge is -2.37. The molecule has 0 aromatic heterocycles. The molecule has 5 nitrogen and oxygen atoms in total. The Hall–Kier alpha value is -3.08. The lowest BCUT2D eigenvalue weighted by atomic mass is 9.90. The summed E-state index contributed by atoms with van der Waals surface area (Å²) in [6.07, 6.45) is 1.19. The summed E-state index contributed by atoms with van der Waals surface area (Å²) in [7, 11) is 0. The lowest BCUT2D eigenvalue weighted by molar-refractivity contribution is -0.120. The molecule has 0 bridgehead atoms. The van der Waals surface area contributed by atoms with Crippen molar-refractivity contribution in [2.45, 2.75) is 54.1 Å². The first-order chi connectivity index (χ1) is 15.7. The summed E-state index contributed by atoms with van der Waals surface area (Å²) in [4.78, 5) is 31.0. The SMILES string of the molecule is Cc1ccc(C2=C(N3CC(C)CC(C)C3)C(=O)N(c3ccc(OC(C)C)cc3)C2=O)cc1C. The normalized spacial score (nSPS) is 21.4. The standard InChI is InChI=1S/C28H34N2O3/c1-17(2)33-24-11-9-23(10-12-24)30-27(31)25(22-8-7-20(5)21(6)14-22)26(28(30)32)29-15-18(3)13-19(4)16-29/h7-12,14,17-19H,13,15-16H2,1-6H3. The van der Waals surface area contributed by atoms with Crippen LogP contribution in [0.15, 0.2) is 48.2 Å². The molecular formula is C28H34N2O3. The molecule has 2 heterocycles. The molecule has 0 aliphatic carbocycles. The Kier molecular flexibility index (Phi) is 6.33. The number of piperidine rings is 1. The number of rotatable bonds is 5. The number of aryl methyl sites for hydroxylation is 2. The van der Waals surface area contributed by atoms with Crippen molar-refractivity contribution >= 4 is 23.1 Å². The van der Waals surface area contributed by atoms with Crippen LogP contribution in [0.1, 0.15) is 50.8 Å². The van der Waals surface area contributed by atoms with Crippen molar-refractivity contribution in [1.29, 1.82) is 0 Å². The summed E-state index contributed by atoms with van der Waals surface area (Å²) in [5.41, 5.74) is 4.68. The molecule has 0 saturated carbocycles. The molecule has 2 aromatic rings. The highest BCUT2D eigenvalue weighted by molar-refractivity contribution is 6.45. The van der Waals surface area contributed by atoms with Crippen LogP contribution < -0.4 is 9.64 Å². The molecule has 33 heavy (non-hydrogen) atoms. The average Bonchev–Trinajstić information content (AvgIpc) is 3.00. The zero-order valence-electron chi connectivity index (χ0n) is 20.5. The quantitative estimate of drug-likeness (QED) is 0.581. The molecular weight excluding hydrogens is 412 g/mol. The third-order valence-corrected chi connectivity index (χ3v) is 6.51. The molecule has 2 aromatic carbocycles. The van der Waals surface area contributed by atoms with Gasteiger partial charge in [-0.2, -0.15) is 0 Å². The second-order valence-corrected chi connectivity index (χ2v) is 9.98. The molecule has 2 unspecified atom stereocenters. The van der Waals surface area contributed by atoms with Crippen molar-refractivity contribution in [2.75, 3.05) is 18.0 Å². The summed E-state index contributed by atoms with van der Waals surface area (Å²) >= 11 is 0. The fourth-order valence-corrected chi connectivity index (χ4v) is 4.99. The average molecular weight is 447 g/mol. The largest absolute Gasteiger partial charge is 0.491 e. The fraction of sp³-hybridized carbons (Fsp3) is 0.429. The summed E-state index contributed by atoms with van der Waals surface area (Å²) in [6.45, 7) is 14.0. The van der Waals surface area contributed by atoms with Gasteiger partial charge in [-0.3, -0.25) is 9.59 Å². The molecule has 0 N–H and O–H groups in total. The first kappa shape index (κ1) is 23.1. The molecule has 4 rings (SSSR count). The smallest absolute Gasteiger partial charge is 0.282 e. The highest BCUT2D eigenvalue weighted by Crippen LogP contribution is 2.38. The fourth-order valence-electron chi connectivity index (χ4n) is 4.99.